The minimum atomic E-state index is -1.10. The number of halogens is 2. The summed E-state index contributed by atoms with van der Waals surface area (Å²) >= 11 is 11.7. The molecule has 18 heavy (non-hydrogen) atoms. The van der Waals surface area contributed by atoms with Crippen molar-refractivity contribution in [2.24, 2.45) is 0 Å². The number of nitrogen functional groups attached to an aromatic ring is 1. The lowest BCUT2D eigenvalue weighted by Gasteiger charge is -2.05. The molecule has 0 fully saturated rings. The molecule has 92 valence electrons. The summed E-state index contributed by atoms with van der Waals surface area (Å²) in [5.74, 6) is -1.10. The lowest BCUT2D eigenvalue weighted by molar-refractivity contribution is 0.0698. The van der Waals surface area contributed by atoms with E-state index < -0.39 is 5.97 Å². The molecular formula is C12H8Cl2N2O2. The molecule has 0 aliphatic carbocycles. The van der Waals surface area contributed by atoms with E-state index in [1.165, 1.54) is 12.3 Å². The third kappa shape index (κ3) is 2.39. The summed E-state index contributed by atoms with van der Waals surface area (Å²) in [6.07, 6.45) is 1.31. The first-order valence-corrected chi connectivity index (χ1v) is 5.69. The highest BCUT2D eigenvalue weighted by molar-refractivity contribution is 6.42. The van der Waals surface area contributed by atoms with Crippen LogP contribution in [-0.4, -0.2) is 16.1 Å². The van der Waals surface area contributed by atoms with Crippen LogP contribution in [0.3, 0.4) is 0 Å². The van der Waals surface area contributed by atoms with Gasteiger partial charge in [-0.05, 0) is 18.2 Å². The second-order valence-corrected chi connectivity index (χ2v) is 4.41. The van der Waals surface area contributed by atoms with Gasteiger partial charge in [0.05, 0.1) is 33.2 Å². The third-order valence-corrected chi connectivity index (χ3v) is 3.12. The minimum Gasteiger partial charge on any atom is -0.478 e. The van der Waals surface area contributed by atoms with Crippen LogP contribution in [0, 0.1) is 0 Å². The first-order valence-electron chi connectivity index (χ1n) is 4.93. The molecule has 0 aliphatic rings. The van der Waals surface area contributed by atoms with E-state index in [4.69, 9.17) is 34.0 Å². The molecule has 1 heterocycles. The van der Waals surface area contributed by atoms with E-state index in [1.54, 1.807) is 18.2 Å². The highest BCUT2D eigenvalue weighted by atomic mass is 35.5. The largest absolute Gasteiger partial charge is 0.478 e. The first-order chi connectivity index (χ1) is 8.49. The molecule has 0 unspecified atom stereocenters. The number of hydrogen-bond donors (Lipinski definition) is 2. The third-order valence-electron chi connectivity index (χ3n) is 2.38. The molecule has 0 radical (unpaired) electrons. The van der Waals surface area contributed by atoms with E-state index in [2.05, 4.69) is 4.98 Å². The molecule has 0 atom stereocenters. The Balaban J connectivity index is 2.54. The lowest BCUT2D eigenvalue weighted by atomic mass is 10.1. The van der Waals surface area contributed by atoms with E-state index in [9.17, 15) is 4.79 Å². The quantitative estimate of drug-likeness (QED) is 0.886. The molecule has 0 bridgehead atoms. The van der Waals surface area contributed by atoms with Gasteiger partial charge in [-0.1, -0.05) is 29.3 Å². The van der Waals surface area contributed by atoms with Gasteiger partial charge >= 0.3 is 5.97 Å². The van der Waals surface area contributed by atoms with E-state index >= 15 is 0 Å². The van der Waals surface area contributed by atoms with Crippen LogP contribution in [0.1, 0.15) is 10.4 Å². The number of nitrogens with zero attached hydrogens (tertiary/aromatic N) is 1. The van der Waals surface area contributed by atoms with Gasteiger partial charge in [-0.2, -0.15) is 0 Å². The van der Waals surface area contributed by atoms with Gasteiger partial charge in [0.2, 0.25) is 0 Å². The number of carboxylic acid groups (broad SMARTS) is 1. The summed E-state index contributed by atoms with van der Waals surface area (Å²) in [5, 5.41) is 9.79. The van der Waals surface area contributed by atoms with Crippen molar-refractivity contribution in [3.63, 3.8) is 0 Å². The topological polar surface area (TPSA) is 76.2 Å². The molecular weight excluding hydrogens is 275 g/mol. The standard InChI is InChI=1S/C12H8Cl2N2O2/c13-8-2-1-6(3-9(8)14)11-4-7(12(17)18)10(15)5-16-11/h1-5H,15H2,(H,17,18). The number of pyridine rings is 1. The molecule has 1 aromatic heterocycles. The number of aromatic nitrogens is 1. The zero-order chi connectivity index (χ0) is 13.3. The van der Waals surface area contributed by atoms with Gasteiger partial charge in [-0.25, -0.2) is 4.79 Å². The smallest absolute Gasteiger partial charge is 0.337 e. The fourth-order valence-electron chi connectivity index (χ4n) is 1.46. The lowest BCUT2D eigenvalue weighted by Crippen LogP contribution is -2.03. The molecule has 0 aliphatic heterocycles. The van der Waals surface area contributed by atoms with Crippen molar-refractivity contribution in [1.29, 1.82) is 0 Å². The Hall–Kier alpha value is -1.78. The van der Waals surface area contributed by atoms with Crippen molar-refractivity contribution in [3.05, 3.63) is 46.1 Å². The Labute approximate surface area is 113 Å². The summed E-state index contributed by atoms with van der Waals surface area (Å²) in [6, 6.07) is 6.35. The predicted molar refractivity (Wildman–Crippen MR) is 71.1 cm³/mol. The van der Waals surface area contributed by atoms with Gasteiger partial charge in [0.25, 0.3) is 0 Å². The Morgan fingerprint density at radius 3 is 2.56 bits per heavy atom. The number of benzene rings is 1. The summed E-state index contributed by atoms with van der Waals surface area (Å²) in [5.41, 5.74) is 6.80. The maximum absolute atomic E-state index is 11.0. The van der Waals surface area contributed by atoms with Crippen LogP contribution < -0.4 is 5.73 Å². The number of aromatic carboxylic acids is 1. The SMILES string of the molecule is Nc1cnc(-c2ccc(Cl)c(Cl)c2)cc1C(=O)O. The predicted octanol–water partition coefficient (Wildman–Crippen LogP) is 3.34. The number of hydrogen-bond acceptors (Lipinski definition) is 3. The zero-order valence-corrected chi connectivity index (χ0v) is 10.5. The average molecular weight is 283 g/mol. The maximum atomic E-state index is 11.0. The Bertz CT molecular complexity index is 629. The van der Waals surface area contributed by atoms with E-state index in [-0.39, 0.29) is 11.3 Å². The van der Waals surface area contributed by atoms with E-state index in [0.717, 1.165) is 0 Å². The van der Waals surface area contributed by atoms with Gasteiger partial charge < -0.3 is 10.8 Å². The van der Waals surface area contributed by atoms with Crippen molar-refractivity contribution >= 4 is 34.9 Å². The van der Waals surface area contributed by atoms with Gasteiger partial charge in [0, 0.05) is 5.56 Å². The van der Waals surface area contributed by atoms with Crippen molar-refractivity contribution < 1.29 is 9.90 Å². The van der Waals surface area contributed by atoms with Crippen LogP contribution in [0.15, 0.2) is 30.5 Å². The Morgan fingerprint density at radius 2 is 1.94 bits per heavy atom. The van der Waals surface area contributed by atoms with Gasteiger partial charge in [0.1, 0.15) is 0 Å². The summed E-state index contributed by atoms with van der Waals surface area (Å²) in [4.78, 5) is 15.0. The number of carbonyl (C=O) groups is 1. The molecule has 0 amide bonds. The second-order valence-electron chi connectivity index (χ2n) is 3.59. The zero-order valence-electron chi connectivity index (χ0n) is 9.02. The average Bonchev–Trinajstić information content (AvgIpc) is 2.33. The van der Waals surface area contributed by atoms with Crippen LogP contribution in [-0.2, 0) is 0 Å². The van der Waals surface area contributed by atoms with Crippen molar-refractivity contribution in [1.82, 2.24) is 4.98 Å². The highest BCUT2D eigenvalue weighted by Crippen LogP contribution is 2.28. The van der Waals surface area contributed by atoms with Gasteiger partial charge in [0.15, 0.2) is 0 Å². The van der Waals surface area contributed by atoms with Crippen molar-refractivity contribution in [2.75, 3.05) is 5.73 Å². The van der Waals surface area contributed by atoms with E-state index in [0.29, 0.717) is 21.3 Å². The molecule has 0 spiro atoms. The van der Waals surface area contributed by atoms with Crippen LogP contribution in [0.5, 0.6) is 0 Å². The molecule has 0 saturated carbocycles. The molecule has 0 saturated heterocycles. The van der Waals surface area contributed by atoms with Crippen molar-refractivity contribution in [2.45, 2.75) is 0 Å². The van der Waals surface area contributed by atoms with Crippen LogP contribution in [0.4, 0.5) is 5.69 Å². The number of rotatable bonds is 2. The summed E-state index contributed by atoms with van der Waals surface area (Å²) in [7, 11) is 0. The number of carboxylic acids is 1. The summed E-state index contributed by atoms with van der Waals surface area (Å²) < 4.78 is 0. The molecule has 4 nitrogen and oxygen atoms in total. The fraction of sp³-hybridized carbons (Fsp3) is 0. The fourth-order valence-corrected chi connectivity index (χ4v) is 1.76. The molecule has 2 aromatic rings. The maximum Gasteiger partial charge on any atom is 0.337 e. The number of anilines is 1. The van der Waals surface area contributed by atoms with Crippen molar-refractivity contribution in [3.8, 4) is 11.3 Å². The summed E-state index contributed by atoms with van der Waals surface area (Å²) in [6.45, 7) is 0. The van der Waals surface area contributed by atoms with Gasteiger partial charge in [-0.3, -0.25) is 4.98 Å². The highest BCUT2D eigenvalue weighted by Gasteiger charge is 2.11. The number of nitrogens with two attached hydrogens (primary N) is 1. The van der Waals surface area contributed by atoms with Gasteiger partial charge in [-0.15, -0.1) is 0 Å². The molecule has 1 aromatic carbocycles. The Kier molecular flexibility index (Phi) is 3.41. The van der Waals surface area contributed by atoms with Crippen LogP contribution in [0.2, 0.25) is 10.0 Å². The van der Waals surface area contributed by atoms with Crippen LogP contribution >= 0.6 is 23.2 Å². The second kappa shape index (κ2) is 4.84. The first kappa shape index (κ1) is 12.7. The van der Waals surface area contributed by atoms with E-state index in [1.807, 2.05) is 0 Å². The molecule has 6 heteroatoms. The molecule has 3 N–H and O–H groups in total. The Morgan fingerprint density at radius 1 is 1.22 bits per heavy atom. The van der Waals surface area contributed by atoms with Crippen LogP contribution in [0.25, 0.3) is 11.3 Å². The monoisotopic (exact) mass is 282 g/mol. The molecule has 2 rings (SSSR count). The minimum absolute atomic E-state index is 0.00562. The normalized spacial score (nSPS) is 10.3.